The Bertz CT molecular complexity index is 996. The van der Waals surface area contributed by atoms with Gasteiger partial charge in [0.25, 0.3) is 0 Å². The molecule has 0 aliphatic heterocycles. The van der Waals surface area contributed by atoms with E-state index < -0.39 is 11.9 Å². The Labute approximate surface area is 152 Å². The number of carbonyl (C=O) groups is 1. The third kappa shape index (κ3) is 4.15. The van der Waals surface area contributed by atoms with Gasteiger partial charge in [0.15, 0.2) is 17.2 Å². The Kier molecular flexibility index (Phi) is 4.73. The number of pyridine rings is 1. The van der Waals surface area contributed by atoms with Crippen molar-refractivity contribution in [3.05, 3.63) is 36.3 Å². The molecule has 0 saturated heterocycles. The Hall–Kier alpha value is -3.17. The molecule has 0 atom stereocenters. The van der Waals surface area contributed by atoms with Crippen LogP contribution in [0.4, 0.5) is 24.7 Å². The molecule has 0 aliphatic carbocycles. The molecule has 2 N–H and O–H groups in total. The van der Waals surface area contributed by atoms with Crippen molar-refractivity contribution in [1.82, 2.24) is 19.6 Å². The van der Waals surface area contributed by atoms with Gasteiger partial charge in [-0.2, -0.15) is 18.3 Å². The van der Waals surface area contributed by atoms with E-state index in [2.05, 4.69) is 25.7 Å². The Morgan fingerprint density at radius 1 is 1.26 bits per heavy atom. The summed E-state index contributed by atoms with van der Waals surface area (Å²) in [5.74, 6) is 0.0647. The summed E-state index contributed by atoms with van der Waals surface area (Å²) in [4.78, 5) is 18.9. The number of hydrogen-bond donors (Lipinski definition) is 2. The van der Waals surface area contributed by atoms with Crippen molar-refractivity contribution in [1.29, 1.82) is 0 Å². The number of aromatic nitrogens is 4. The molecule has 3 aromatic heterocycles. The molecule has 0 saturated carbocycles. The summed E-state index contributed by atoms with van der Waals surface area (Å²) in [6, 6.07) is 4.45. The van der Waals surface area contributed by atoms with E-state index in [1.807, 2.05) is 0 Å². The fraction of sp³-hybridized carbons (Fsp3) is 0.294. The fourth-order valence-electron chi connectivity index (χ4n) is 2.53. The largest absolute Gasteiger partial charge is 0.435 e. The average Bonchev–Trinajstić information content (AvgIpc) is 2.93. The Morgan fingerprint density at radius 2 is 2.00 bits per heavy atom. The minimum absolute atomic E-state index is 0.110. The molecule has 0 bridgehead atoms. The molecular formula is C17H17F3N6O. The van der Waals surface area contributed by atoms with E-state index in [0.29, 0.717) is 22.7 Å². The van der Waals surface area contributed by atoms with Gasteiger partial charge in [0.05, 0.1) is 17.6 Å². The first-order valence-corrected chi connectivity index (χ1v) is 8.11. The molecule has 3 rings (SSSR count). The van der Waals surface area contributed by atoms with Crippen molar-refractivity contribution in [2.75, 3.05) is 10.6 Å². The third-order valence-electron chi connectivity index (χ3n) is 3.52. The monoisotopic (exact) mass is 378 g/mol. The third-order valence-corrected chi connectivity index (χ3v) is 3.52. The zero-order chi connectivity index (χ0) is 19.8. The summed E-state index contributed by atoms with van der Waals surface area (Å²) in [5.41, 5.74) is 0.242. The molecule has 3 aromatic rings. The highest BCUT2D eigenvalue weighted by Crippen LogP contribution is 2.35. The Balaban J connectivity index is 2.03. The van der Waals surface area contributed by atoms with Gasteiger partial charge in [-0.1, -0.05) is 0 Å². The SMILES string of the molecule is CC(=O)Nc1cn2nc(-c3cnc(C(F)(F)F)c(NC(C)C)c3)ccc2n1. The number of anilines is 2. The second-order valence-electron chi connectivity index (χ2n) is 6.25. The van der Waals surface area contributed by atoms with Gasteiger partial charge in [0.2, 0.25) is 5.91 Å². The molecule has 3 heterocycles. The molecule has 142 valence electrons. The van der Waals surface area contributed by atoms with Crippen LogP contribution in [0.1, 0.15) is 26.5 Å². The highest BCUT2D eigenvalue weighted by atomic mass is 19.4. The van der Waals surface area contributed by atoms with E-state index in [0.717, 1.165) is 6.20 Å². The van der Waals surface area contributed by atoms with Gasteiger partial charge in [-0.05, 0) is 32.0 Å². The van der Waals surface area contributed by atoms with Gasteiger partial charge in [0.1, 0.15) is 0 Å². The molecule has 0 fully saturated rings. The van der Waals surface area contributed by atoms with E-state index >= 15 is 0 Å². The van der Waals surface area contributed by atoms with Gasteiger partial charge in [-0.15, -0.1) is 0 Å². The van der Waals surface area contributed by atoms with E-state index in [9.17, 15) is 18.0 Å². The lowest BCUT2D eigenvalue weighted by molar-refractivity contribution is -0.140. The predicted octanol–water partition coefficient (Wildman–Crippen LogP) is 3.59. The molecule has 7 nitrogen and oxygen atoms in total. The van der Waals surface area contributed by atoms with Crippen LogP contribution in [0, 0.1) is 0 Å². The first-order valence-electron chi connectivity index (χ1n) is 8.11. The van der Waals surface area contributed by atoms with Gasteiger partial charge in [0, 0.05) is 24.7 Å². The van der Waals surface area contributed by atoms with Crippen LogP contribution in [0.5, 0.6) is 0 Å². The van der Waals surface area contributed by atoms with Crippen molar-refractivity contribution in [2.45, 2.75) is 33.0 Å². The van der Waals surface area contributed by atoms with Gasteiger partial charge in [-0.3, -0.25) is 4.79 Å². The van der Waals surface area contributed by atoms with Crippen LogP contribution in [0.2, 0.25) is 0 Å². The van der Waals surface area contributed by atoms with Gasteiger partial charge < -0.3 is 10.6 Å². The first-order chi connectivity index (χ1) is 12.6. The molecule has 0 spiro atoms. The van der Waals surface area contributed by atoms with E-state index in [4.69, 9.17) is 0 Å². The minimum Gasteiger partial charge on any atom is -0.381 e. The number of alkyl halides is 3. The minimum atomic E-state index is -4.56. The van der Waals surface area contributed by atoms with Crippen molar-refractivity contribution in [3.63, 3.8) is 0 Å². The predicted molar refractivity (Wildman–Crippen MR) is 94.3 cm³/mol. The normalized spacial score (nSPS) is 11.8. The second-order valence-corrected chi connectivity index (χ2v) is 6.25. The topological polar surface area (TPSA) is 84.2 Å². The highest BCUT2D eigenvalue weighted by Gasteiger charge is 2.36. The molecule has 0 unspecified atom stereocenters. The van der Waals surface area contributed by atoms with Crippen LogP contribution in [0.15, 0.2) is 30.6 Å². The fourth-order valence-corrected chi connectivity index (χ4v) is 2.53. The summed E-state index contributed by atoms with van der Waals surface area (Å²) >= 11 is 0. The number of nitrogens with zero attached hydrogens (tertiary/aromatic N) is 4. The average molecular weight is 378 g/mol. The van der Waals surface area contributed by atoms with Crippen LogP contribution >= 0.6 is 0 Å². The number of halogens is 3. The van der Waals surface area contributed by atoms with Crippen LogP contribution in [0.3, 0.4) is 0 Å². The zero-order valence-electron chi connectivity index (χ0n) is 14.8. The van der Waals surface area contributed by atoms with Crippen LogP contribution in [-0.2, 0) is 11.0 Å². The highest BCUT2D eigenvalue weighted by molar-refractivity contribution is 5.87. The maximum Gasteiger partial charge on any atom is 0.435 e. The molecule has 0 aliphatic rings. The summed E-state index contributed by atoms with van der Waals surface area (Å²) < 4.78 is 41.0. The second kappa shape index (κ2) is 6.86. The van der Waals surface area contributed by atoms with Crippen LogP contribution < -0.4 is 10.6 Å². The van der Waals surface area contributed by atoms with E-state index in [1.165, 1.54) is 23.7 Å². The van der Waals surface area contributed by atoms with Gasteiger partial charge in [-0.25, -0.2) is 14.5 Å². The molecule has 27 heavy (non-hydrogen) atoms. The maximum absolute atomic E-state index is 13.2. The summed E-state index contributed by atoms with van der Waals surface area (Å²) in [6.07, 6.45) is -1.91. The number of carbonyl (C=O) groups excluding carboxylic acids is 1. The standard InChI is InChI=1S/C17H17F3N6O/c1-9(2)22-13-6-11(7-21-16(13)17(18,19)20)12-4-5-15-24-14(23-10(3)27)8-26(15)25-12/h4-9,22H,1-3H3,(H,23,27). The number of rotatable bonds is 4. The number of imidazole rings is 1. The smallest absolute Gasteiger partial charge is 0.381 e. The first kappa shape index (κ1) is 18.6. The number of fused-ring (bicyclic) bond motifs is 1. The van der Waals surface area contributed by atoms with E-state index in [-0.39, 0.29) is 17.6 Å². The lowest BCUT2D eigenvalue weighted by Crippen LogP contribution is -2.17. The lowest BCUT2D eigenvalue weighted by atomic mass is 10.1. The number of hydrogen-bond acceptors (Lipinski definition) is 5. The summed E-state index contributed by atoms with van der Waals surface area (Å²) in [5, 5.41) is 9.67. The lowest BCUT2D eigenvalue weighted by Gasteiger charge is -2.17. The quantitative estimate of drug-likeness (QED) is 0.725. The van der Waals surface area contributed by atoms with Crippen molar-refractivity contribution in [3.8, 4) is 11.3 Å². The molecule has 0 radical (unpaired) electrons. The molecule has 10 heteroatoms. The van der Waals surface area contributed by atoms with Crippen molar-refractivity contribution < 1.29 is 18.0 Å². The molecular weight excluding hydrogens is 361 g/mol. The Morgan fingerprint density at radius 3 is 2.63 bits per heavy atom. The molecule has 0 aromatic carbocycles. The van der Waals surface area contributed by atoms with Crippen molar-refractivity contribution in [2.24, 2.45) is 0 Å². The number of nitrogens with one attached hydrogen (secondary N) is 2. The van der Waals surface area contributed by atoms with Gasteiger partial charge >= 0.3 is 6.18 Å². The van der Waals surface area contributed by atoms with Crippen LogP contribution in [-0.4, -0.2) is 31.5 Å². The van der Waals surface area contributed by atoms with Crippen LogP contribution in [0.25, 0.3) is 16.9 Å². The summed E-state index contributed by atoms with van der Waals surface area (Å²) in [6.45, 7) is 4.85. The van der Waals surface area contributed by atoms with Crippen molar-refractivity contribution >= 4 is 23.1 Å². The number of amides is 1. The van der Waals surface area contributed by atoms with E-state index in [1.54, 1.807) is 26.0 Å². The maximum atomic E-state index is 13.2. The zero-order valence-corrected chi connectivity index (χ0v) is 14.8. The molecule has 1 amide bonds. The summed E-state index contributed by atoms with van der Waals surface area (Å²) in [7, 11) is 0.